The number of pyridine rings is 1. The van der Waals surface area contributed by atoms with Crippen LogP contribution in [0.4, 0.5) is 11.5 Å². The van der Waals surface area contributed by atoms with Gasteiger partial charge in [0.25, 0.3) is 0 Å². The van der Waals surface area contributed by atoms with Crippen LogP contribution in [0.2, 0.25) is 5.02 Å². The van der Waals surface area contributed by atoms with Gasteiger partial charge >= 0.3 is 0 Å². The highest BCUT2D eigenvalue weighted by Crippen LogP contribution is 2.32. The Morgan fingerprint density at radius 2 is 2.21 bits per heavy atom. The fraction of sp³-hybridized carbons (Fsp3) is 0.444. The van der Waals surface area contributed by atoms with Gasteiger partial charge in [0.15, 0.2) is 5.82 Å². The lowest BCUT2D eigenvalue weighted by molar-refractivity contribution is 0.289. The normalized spacial score (nSPS) is 15.5. The van der Waals surface area contributed by atoms with E-state index in [1.54, 1.807) is 6.07 Å². The lowest BCUT2D eigenvalue weighted by Gasteiger charge is -2.08. The molecule has 76 valence electrons. The molecule has 0 atom stereocenters. The van der Waals surface area contributed by atoms with Gasteiger partial charge in [0, 0.05) is 0 Å². The molecule has 0 amide bonds. The van der Waals surface area contributed by atoms with Crippen molar-refractivity contribution < 1.29 is 4.74 Å². The molecule has 1 aromatic rings. The van der Waals surface area contributed by atoms with Crippen molar-refractivity contribution in [2.24, 2.45) is 5.92 Å². The van der Waals surface area contributed by atoms with E-state index in [1.807, 2.05) is 0 Å². The number of ether oxygens (including phenoxy) is 1. The molecule has 4 nitrogen and oxygen atoms in total. The van der Waals surface area contributed by atoms with Gasteiger partial charge in [-0.05, 0) is 24.8 Å². The fourth-order valence-electron chi connectivity index (χ4n) is 1.08. The molecule has 0 aromatic carbocycles. The molecule has 14 heavy (non-hydrogen) atoms. The Morgan fingerprint density at radius 3 is 2.86 bits per heavy atom. The Morgan fingerprint density at radius 1 is 1.50 bits per heavy atom. The van der Waals surface area contributed by atoms with Gasteiger partial charge in [-0.2, -0.15) is 4.98 Å². The Hall–Kier alpha value is -1.16. The Balaban J connectivity index is 2.10. The molecule has 1 aliphatic carbocycles. The van der Waals surface area contributed by atoms with Crippen LogP contribution in [-0.4, -0.2) is 11.6 Å². The number of hydrogen-bond donors (Lipinski definition) is 2. The van der Waals surface area contributed by atoms with Gasteiger partial charge in [0.05, 0.1) is 12.3 Å². The van der Waals surface area contributed by atoms with Crippen LogP contribution in [0.1, 0.15) is 12.8 Å². The summed E-state index contributed by atoms with van der Waals surface area (Å²) >= 11 is 5.88. The molecule has 1 aromatic heterocycles. The second kappa shape index (κ2) is 3.53. The molecule has 0 bridgehead atoms. The van der Waals surface area contributed by atoms with Gasteiger partial charge in [-0.25, -0.2) is 0 Å². The summed E-state index contributed by atoms with van der Waals surface area (Å²) in [4.78, 5) is 3.97. The SMILES string of the molecule is Nc1cc(Cl)c(OCC2CC2)nc1N. The average molecular weight is 214 g/mol. The van der Waals surface area contributed by atoms with Gasteiger partial charge in [0.1, 0.15) is 5.02 Å². The molecular formula is C9H12ClN3O. The maximum Gasteiger partial charge on any atom is 0.234 e. The highest BCUT2D eigenvalue weighted by molar-refractivity contribution is 6.32. The maximum absolute atomic E-state index is 5.88. The Kier molecular flexibility index (Phi) is 2.37. The van der Waals surface area contributed by atoms with E-state index < -0.39 is 0 Å². The Labute approximate surface area is 87.2 Å². The van der Waals surface area contributed by atoms with Crippen molar-refractivity contribution in [2.45, 2.75) is 12.8 Å². The van der Waals surface area contributed by atoms with Crippen LogP contribution in [-0.2, 0) is 0 Å². The molecule has 1 heterocycles. The molecule has 0 radical (unpaired) electrons. The quantitative estimate of drug-likeness (QED) is 0.801. The number of halogens is 1. The molecule has 0 unspecified atom stereocenters. The van der Waals surface area contributed by atoms with Crippen LogP contribution in [0.25, 0.3) is 0 Å². The first-order chi connectivity index (χ1) is 6.66. The van der Waals surface area contributed by atoms with E-state index in [0.717, 1.165) is 0 Å². The summed E-state index contributed by atoms with van der Waals surface area (Å²) in [5, 5.41) is 0.414. The summed E-state index contributed by atoms with van der Waals surface area (Å²) < 4.78 is 5.42. The van der Waals surface area contributed by atoms with Crippen LogP contribution in [0.3, 0.4) is 0 Å². The first-order valence-corrected chi connectivity index (χ1v) is 4.89. The van der Waals surface area contributed by atoms with Crippen molar-refractivity contribution in [2.75, 3.05) is 18.1 Å². The average Bonchev–Trinajstić information content (AvgIpc) is 2.92. The Bertz CT molecular complexity index is 352. The lowest BCUT2D eigenvalue weighted by atomic mass is 10.4. The van der Waals surface area contributed by atoms with Crippen LogP contribution in [0.5, 0.6) is 5.88 Å². The summed E-state index contributed by atoms with van der Waals surface area (Å²) in [6.07, 6.45) is 2.45. The highest BCUT2D eigenvalue weighted by Gasteiger charge is 2.22. The number of rotatable bonds is 3. The molecule has 4 N–H and O–H groups in total. The molecule has 0 spiro atoms. The predicted molar refractivity (Wildman–Crippen MR) is 56.3 cm³/mol. The van der Waals surface area contributed by atoms with E-state index >= 15 is 0 Å². The van der Waals surface area contributed by atoms with Crippen LogP contribution in [0, 0.1) is 5.92 Å². The van der Waals surface area contributed by atoms with Crippen molar-refractivity contribution >= 4 is 23.1 Å². The van der Waals surface area contributed by atoms with Crippen molar-refractivity contribution in [3.8, 4) is 5.88 Å². The molecule has 1 fully saturated rings. The van der Waals surface area contributed by atoms with Gasteiger partial charge in [-0.3, -0.25) is 0 Å². The monoisotopic (exact) mass is 213 g/mol. The van der Waals surface area contributed by atoms with Crippen molar-refractivity contribution in [1.29, 1.82) is 0 Å². The zero-order chi connectivity index (χ0) is 10.1. The summed E-state index contributed by atoms with van der Waals surface area (Å²) in [6, 6.07) is 1.56. The predicted octanol–water partition coefficient (Wildman–Crippen LogP) is 1.69. The molecular weight excluding hydrogens is 202 g/mol. The summed E-state index contributed by atoms with van der Waals surface area (Å²) in [7, 11) is 0. The van der Waals surface area contributed by atoms with Crippen molar-refractivity contribution in [1.82, 2.24) is 4.98 Å². The summed E-state index contributed by atoms with van der Waals surface area (Å²) in [5.74, 6) is 1.30. The molecule has 0 aliphatic heterocycles. The van der Waals surface area contributed by atoms with Crippen LogP contribution < -0.4 is 16.2 Å². The number of hydrogen-bond acceptors (Lipinski definition) is 4. The number of aromatic nitrogens is 1. The smallest absolute Gasteiger partial charge is 0.234 e. The summed E-state index contributed by atoms with van der Waals surface area (Å²) in [6.45, 7) is 0.663. The fourth-order valence-corrected chi connectivity index (χ4v) is 1.30. The maximum atomic E-state index is 5.88. The first kappa shape index (κ1) is 9.40. The minimum Gasteiger partial charge on any atom is -0.476 e. The zero-order valence-electron chi connectivity index (χ0n) is 7.66. The van der Waals surface area contributed by atoms with E-state index in [1.165, 1.54) is 12.8 Å². The van der Waals surface area contributed by atoms with Gasteiger partial charge in [0.2, 0.25) is 5.88 Å². The van der Waals surface area contributed by atoms with Gasteiger partial charge in [-0.1, -0.05) is 11.6 Å². The third-order valence-electron chi connectivity index (χ3n) is 2.16. The lowest BCUT2D eigenvalue weighted by Crippen LogP contribution is -2.04. The van der Waals surface area contributed by atoms with Crippen molar-refractivity contribution in [3.05, 3.63) is 11.1 Å². The topological polar surface area (TPSA) is 74.2 Å². The van der Waals surface area contributed by atoms with Crippen molar-refractivity contribution in [3.63, 3.8) is 0 Å². The standard InChI is InChI=1S/C9H12ClN3O/c10-6-3-7(11)8(12)13-9(6)14-4-5-1-2-5/h3,5H,1-2,4,11H2,(H2,12,13). The molecule has 0 saturated heterocycles. The third-order valence-corrected chi connectivity index (χ3v) is 2.43. The van der Waals surface area contributed by atoms with Crippen LogP contribution >= 0.6 is 11.6 Å². The van der Waals surface area contributed by atoms with Gasteiger partial charge in [-0.15, -0.1) is 0 Å². The second-order valence-electron chi connectivity index (χ2n) is 3.50. The van der Waals surface area contributed by atoms with Crippen LogP contribution in [0.15, 0.2) is 6.07 Å². The molecule has 1 saturated carbocycles. The molecule has 2 rings (SSSR count). The second-order valence-corrected chi connectivity index (χ2v) is 3.91. The third kappa shape index (κ3) is 2.01. The van der Waals surface area contributed by atoms with E-state index in [4.69, 9.17) is 27.8 Å². The number of nitrogen functional groups attached to an aromatic ring is 2. The van der Waals surface area contributed by atoms with E-state index in [0.29, 0.717) is 29.1 Å². The first-order valence-electron chi connectivity index (χ1n) is 4.51. The summed E-state index contributed by atoms with van der Waals surface area (Å²) in [5.41, 5.74) is 11.5. The minimum atomic E-state index is 0.264. The number of nitrogens with two attached hydrogens (primary N) is 2. The van der Waals surface area contributed by atoms with E-state index in [9.17, 15) is 0 Å². The van der Waals surface area contributed by atoms with E-state index in [-0.39, 0.29) is 5.82 Å². The number of anilines is 2. The molecule has 1 aliphatic rings. The molecule has 5 heteroatoms. The number of nitrogens with zero attached hydrogens (tertiary/aromatic N) is 1. The zero-order valence-corrected chi connectivity index (χ0v) is 8.42. The largest absolute Gasteiger partial charge is 0.476 e. The van der Waals surface area contributed by atoms with E-state index in [2.05, 4.69) is 4.98 Å². The van der Waals surface area contributed by atoms with Gasteiger partial charge < -0.3 is 16.2 Å². The minimum absolute atomic E-state index is 0.264. The highest BCUT2D eigenvalue weighted by atomic mass is 35.5.